The predicted octanol–water partition coefficient (Wildman–Crippen LogP) is 5.07. The van der Waals surface area contributed by atoms with Crippen molar-refractivity contribution in [2.45, 2.75) is 9.79 Å². The number of hydrogen-bond donors (Lipinski definition) is 2. The summed E-state index contributed by atoms with van der Waals surface area (Å²) in [6, 6.07) is 23.8. The summed E-state index contributed by atoms with van der Waals surface area (Å²) >= 11 is 7.39. The number of hydrogen-bond acceptors (Lipinski definition) is 3. The third-order valence-electron chi connectivity index (χ3n) is 3.39. The molecule has 0 aliphatic rings. The van der Waals surface area contributed by atoms with E-state index in [4.69, 9.17) is 11.6 Å². The second-order valence-electron chi connectivity index (χ2n) is 5.33. The van der Waals surface area contributed by atoms with E-state index in [0.29, 0.717) is 16.4 Å². The summed E-state index contributed by atoms with van der Waals surface area (Å²) in [5.41, 5.74) is 1.04. The molecule has 130 valence electrons. The van der Waals surface area contributed by atoms with Crippen LogP contribution in [0.5, 0.6) is 0 Å². The van der Waals surface area contributed by atoms with Crippen molar-refractivity contribution in [3.05, 3.63) is 83.9 Å². The van der Waals surface area contributed by atoms with E-state index in [1.165, 1.54) is 11.8 Å². The number of benzene rings is 3. The van der Waals surface area contributed by atoms with Crippen LogP contribution in [0.2, 0.25) is 5.02 Å². The van der Waals surface area contributed by atoms with Crippen LogP contribution in [-0.4, -0.2) is 11.8 Å². The summed E-state index contributed by atoms with van der Waals surface area (Å²) in [5, 5.41) is 5.67. The van der Waals surface area contributed by atoms with Gasteiger partial charge in [-0.05, 0) is 42.5 Å². The van der Waals surface area contributed by atoms with Gasteiger partial charge in [0.1, 0.15) is 0 Å². The van der Waals surface area contributed by atoms with E-state index in [0.717, 1.165) is 9.79 Å². The predicted molar refractivity (Wildman–Crippen MR) is 106 cm³/mol. The number of carbonyl (C=O) groups is 2. The molecule has 4 nitrogen and oxygen atoms in total. The first kappa shape index (κ1) is 18.0. The molecule has 3 aromatic carbocycles. The maximum absolute atomic E-state index is 12.2. The van der Waals surface area contributed by atoms with Gasteiger partial charge >= 0.3 is 11.8 Å². The number of carbonyl (C=O) groups excluding carboxylic acids is 2. The summed E-state index contributed by atoms with van der Waals surface area (Å²) in [4.78, 5) is 26.3. The zero-order valence-corrected chi connectivity index (χ0v) is 15.2. The van der Waals surface area contributed by atoms with Gasteiger partial charge in [-0.3, -0.25) is 9.59 Å². The van der Waals surface area contributed by atoms with Crippen molar-refractivity contribution in [1.82, 2.24) is 0 Å². The molecule has 0 saturated carbocycles. The zero-order chi connectivity index (χ0) is 18.4. The summed E-state index contributed by atoms with van der Waals surface area (Å²) < 4.78 is 0. The normalized spacial score (nSPS) is 10.2. The van der Waals surface area contributed by atoms with Crippen LogP contribution in [0.1, 0.15) is 0 Å². The molecule has 0 atom stereocenters. The molecule has 26 heavy (non-hydrogen) atoms. The molecule has 2 N–H and O–H groups in total. The Hall–Kier alpha value is -2.76. The van der Waals surface area contributed by atoms with Crippen molar-refractivity contribution in [1.29, 1.82) is 0 Å². The van der Waals surface area contributed by atoms with E-state index >= 15 is 0 Å². The number of halogens is 1. The van der Waals surface area contributed by atoms with Crippen molar-refractivity contribution in [2.75, 3.05) is 10.6 Å². The van der Waals surface area contributed by atoms with Crippen molar-refractivity contribution in [3.8, 4) is 0 Å². The molecule has 2 amide bonds. The SMILES string of the molecule is O=C(Nc1cccc(Cl)c1)C(=O)Nc1ccccc1Sc1ccccc1. The van der Waals surface area contributed by atoms with Gasteiger partial charge in [-0.1, -0.05) is 59.8 Å². The number of anilines is 2. The number of nitrogens with one attached hydrogen (secondary N) is 2. The highest BCUT2D eigenvalue weighted by Crippen LogP contribution is 2.33. The fraction of sp³-hybridized carbons (Fsp3) is 0. The van der Waals surface area contributed by atoms with Crippen molar-refractivity contribution in [3.63, 3.8) is 0 Å². The lowest BCUT2D eigenvalue weighted by molar-refractivity contribution is -0.133. The average molecular weight is 383 g/mol. The molecule has 0 aromatic heterocycles. The van der Waals surface area contributed by atoms with E-state index in [1.54, 1.807) is 36.4 Å². The summed E-state index contributed by atoms with van der Waals surface area (Å²) in [6.07, 6.45) is 0. The van der Waals surface area contributed by atoms with E-state index in [2.05, 4.69) is 10.6 Å². The quantitative estimate of drug-likeness (QED) is 0.619. The smallest absolute Gasteiger partial charge is 0.314 e. The maximum atomic E-state index is 12.2. The van der Waals surface area contributed by atoms with E-state index < -0.39 is 11.8 Å². The third kappa shape index (κ3) is 4.88. The van der Waals surface area contributed by atoms with Gasteiger partial charge in [-0.2, -0.15) is 0 Å². The van der Waals surface area contributed by atoms with Crippen molar-refractivity contribution in [2.24, 2.45) is 0 Å². The first-order valence-corrected chi connectivity index (χ1v) is 9.01. The van der Waals surface area contributed by atoms with Crippen molar-refractivity contribution < 1.29 is 9.59 Å². The Bertz CT molecular complexity index is 932. The fourth-order valence-electron chi connectivity index (χ4n) is 2.21. The number of rotatable bonds is 4. The van der Waals surface area contributed by atoms with Crippen LogP contribution in [0, 0.1) is 0 Å². The molecule has 3 rings (SSSR count). The Morgan fingerprint density at radius 3 is 2.23 bits per heavy atom. The number of amides is 2. The number of para-hydroxylation sites is 1. The molecular formula is C20H15ClN2O2S. The Morgan fingerprint density at radius 1 is 0.769 bits per heavy atom. The van der Waals surface area contributed by atoms with E-state index in [-0.39, 0.29) is 0 Å². The van der Waals surface area contributed by atoms with Gasteiger partial charge in [-0.25, -0.2) is 0 Å². The second-order valence-corrected chi connectivity index (χ2v) is 6.88. The first-order valence-electron chi connectivity index (χ1n) is 7.81. The minimum atomic E-state index is -0.758. The molecule has 0 aliphatic carbocycles. The molecule has 0 saturated heterocycles. The largest absolute Gasteiger partial charge is 0.318 e. The Kier molecular flexibility index (Phi) is 5.94. The van der Waals surface area contributed by atoms with Gasteiger partial charge in [0, 0.05) is 20.5 Å². The van der Waals surface area contributed by atoms with E-state index in [9.17, 15) is 9.59 Å². The molecule has 0 aliphatic heterocycles. The van der Waals surface area contributed by atoms with Crippen LogP contribution >= 0.6 is 23.4 Å². The average Bonchev–Trinajstić information content (AvgIpc) is 2.64. The van der Waals surface area contributed by atoms with Gasteiger partial charge in [0.05, 0.1) is 5.69 Å². The Balaban J connectivity index is 1.70. The lowest BCUT2D eigenvalue weighted by Crippen LogP contribution is -2.29. The van der Waals surface area contributed by atoms with Crippen LogP contribution in [0.4, 0.5) is 11.4 Å². The first-order chi connectivity index (χ1) is 12.6. The van der Waals surface area contributed by atoms with Gasteiger partial charge < -0.3 is 10.6 Å². The molecule has 0 bridgehead atoms. The second kappa shape index (κ2) is 8.56. The van der Waals surface area contributed by atoms with Gasteiger partial charge in [0.15, 0.2) is 0 Å². The molecule has 0 heterocycles. The van der Waals surface area contributed by atoms with Crippen molar-refractivity contribution >= 4 is 46.6 Å². The molecule has 3 aromatic rings. The molecule has 0 radical (unpaired) electrons. The standard InChI is InChI=1S/C20H15ClN2O2S/c21-14-7-6-8-15(13-14)22-19(24)20(25)23-17-11-4-5-12-18(17)26-16-9-2-1-3-10-16/h1-13H,(H,22,24)(H,23,25). The molecule has 0 spiro atoms. The lowest BCUT2D eigenvalue weighted by atomic mass is 10.3. The zero-order valence-electron chi connectivity index (χ0n) is 13.6. The highest BCUT2D eigenvalue weighted by Gasteiger charge is 2.16. The van der Waals surface area contributed by atoms with Gasteiger partial charge in [0.2, 0.25) is 0 Å². The summed E-state index contributed by atoms with van der Waals surface area (Å²) in [7, 11) is 0. The molecule has 6 heteroatoms. The highest BCUT2D eigenvalue weighted by atomic mass is 35.5. The van der Waals surface area contributed by atoms with Crippen LogP contribution in [0.3, 0.4) is 0 Å². The van der Waals surface area contributed by atoms with Gasteiger partial charge in [0.25, 0.3) is 0 Å². The Labute approximate surface area is 160 Å². The summed E-state index contributed by atoms with van der Waals surface area (Å²) in [5.74, 6) is -1.50. The minimum Gasteiger partial charge on any atom is -0.318 e. The fourth-order valence-corrected chi connectivity index (χ4v) is 3.32. The molecular weight excluding hydrogens is 368 g/mol. The van der Waals surface area contributed by atoms with Crippen LogP contribution in [-0.2, 0) is 9.59 Å². The maximum Gasteiger partial charge on any atom is 0.314 e. The van der Waals surface area contributed by atoms with Crippen LogP contribution < -0.4 is 10.6 Å². The van der Waals surface area contributed by atoms with E-state index in [1.807, 2.05) is 42.5 Å². The third-order valence-corrected chi connectivity index (χ3v) is 4.71. The highest BCUT2D eigenvalue weighted by molar-refractivity contribution is 7.99. The summed E-state index contributed by atoms with van der Waals surface area (Å²) in [6.45, 7) is 0. The monoisotopic (exact) mass is 382 g/mol. The molecule has 0 fully saturated rings. The molecule has 0 unspecified atom stereocenters. The topological polar surface area (TPSA) is 58.2 Å². The van der Waals surface area contributed by atoms with Gasteiger partial charge in [-0.15, -0.1) is 0 Å². The van der Waals surface area contributed by atoms with Crippen LogP contribution in [0.15, 0.2) is 88.7 Å². The minimum absolute atomic E-state index is 0.463. The lowest BCUT2D eigenvalue weighted by Gasteiger charge is -2.11. The van der Waals surface area contributed by atoms with Crippen LogP contribution in [0.25, 0.3) is 0 Å². The Morgan fingerprint density at radius 2 is 1.46 bits per heavy atom.